The number of allylic oxidation sites excluding steroid dienone is 1. The summed E-state index contributed by atoms with van der Waals surface area (Å²) in [6.07, 6.45) is 12.8. The second-order valence-corrected chi connectivity index (χ2v) is 9.10. The Bertz CT molecular complexity index is 605. The molecule has 2 bridgehead atoms. The topological polar surface area (TPSA) is 26.3 Å². The SMILES string of the molecule is C=CC1CCC2C3CC4OC[C@@]5(CCC(=O)C=C45)C3CC[C@]12C. The maximum atomic E-state index is 12.0. The first-order valence-electron chi connectivity index (χ1n) is 9.57. The van der Waals surface area contributed by atoms with Crippen molar-refractivity contribution in [2.45, 2.75) is 58.0 Å². The monoisotopic (exact) mass is 312 g/mol. The fourth-order valence-corrected chi connectivity index (χ4v) is 7.47. The third-order valence-electron chi connectivity index (χ3n) is 8.59. The van der Waals surface area contributed by atoms with E-state index < -0.39 is 0 Å². The lowest BCUT2D eigenvalue weighted by Crippen LogP contribution is -2.52. The van der Waals surface area contributed by atoms with Gasteiger partial charge in [0.15, 0.2) is 5.78 Å². The highest BCUT2D eigenvalue weighted by Gasteiger charge is 2.64. The number of fused-ring (bicyclic) bond motifs is 3. The Labute approximate surface area is 139 Å². The fourth-order valence-electron chi connectivity index (χ4n) is 7.47. The highest BCUT2D eigenvalue weighted by molar-refractivity contribution is 5.92. The van der Waals surface area contributed by atoms with Crippen molar-refractivity contribution in [3.8, 4) is 0 Å². The molecule has 0 N–H and O–H groups in total. The first-order chi connectivity index (χ1) is 11.1. The standard InChI is InChI=1S/C21H28O2/c1-3-13-4-5-16-15-11-19-18-10-14(22)6-9-21(18,12-23-19)17(15)7-8-20(13,16)2/h3,10,13,15-17,19H,1,4-9,11-12H2,2H3/t13?,15?,16?,17?,19?,20-,21+/m1/s1. The van der Waals surface area contributed by atoms with E-state index in [1.807, 2.05) is 6.08 Å². The minimum atomic E-state index is 0.217. The molecule has 0 amide bonds. The van der Waals surface area contributed by atoms with Crippen LogP contribution in [0.4, 0.5) is 0 Å². The molecule has 1 heterocycles. The molecule has 124 valence electrons. The lowest BCUT2D eigenvalue weighted by atomic mass is 9.47. The van der Waals surface area contributed by atoms with Crippen LogP contribution in [-0.2, 0) is 9.53 Å². The largest absolute Gasteiger partial charge is 0.373 e. The number of ether oxygens (including phenoxy) is 1. The summed E-state index contributed by atoms with van der Waals surface area (Å²) in [6.45, 7) is 7.54. The van der Waals surface area contributed by atoms with Crippen molar-refractivity contribution >= 4 is 5.78 Å². The van der Waals surface area contributed by atoms with E-state index in [2.05, 4.69) is 19.6 Å². The summed E-state index contributed by atoms with van der Waals surface area (Å²) in [4.78, 5) is 12.0. The van der Waals surface area contributed by atoms with Crippen molar-refractivity contribution in [2.24, 2.45) is 34.5 Å². The van der Waals surface area contributed by atoms with Crippen molar-refractivity contribution in [1.29, 1.82) is 0 Å². The van der Waals surface area contributed by atoms with E-state index >= 15 is 0 Å². The first kappa shape index (κ1) is 14.5. The van der Waals surface area contributed by atoms with Crippen molar-refractivity contribution in [2.75, 3.05) is 6.61 Å². The second-order valence-electron chi connectivity index (χ2n) is 9.10. The second kappa shape index (κ2) is 4.59. The molecule has 5 aliphatic rings. The van der Waals surface area contributed by atoms with Crippen molar-refractivity contribution in [3.05, 3.63) is 24.3 Å². The Morgan fingerprint density at radius 3 is 2.96 bits per heavy atom. The number of rotatable bonds is 1. The van der Waals surface area contributed by atoms with E-state index in [1.165, 1.54) is 31.3 Å². The average Bonchev–Trinajstić information content (AvgIpc) is 3.01. The van der Waals surface area contributed by atoms with Gasteiger partial charge in [0.25, 0.3) is 0 Å². The molecular weight excluding hydrogens is 284 g/mol. The Balaban J connectivity index is 1.55. The van der Waals surface area contributed by atoms with Gasteiger partial charge < -0.3 is 4.74 Å². The molecular formula is C21H28O2. The number of ketones is 1. The molecule has 0 aromatic carbocycles. The van der Waals surface area contributed by atoms with Gasteiger partial charge in [-0.15, -0.1) is 6.58 Å². The van der Waals surface area contributed by atoms with Crippen LogP contribution >= 0.6 is 0 Å². The van der Waals surface area contributed by atoms with Crippen LogP contribution in [0, 0.1) is 34.5 Å². The zero-order valence-electron chi connectivity index (χ0n) is 14.2. The zero-order valence-corrected chi connectivity index (χ0v) is 14.2. The molecule has 0 spiro atoms. The molecule has 2 heteroatoms. The summed E-state index contributed by atoms with van der Waals surface area (Å²) >= 11 is 0. The quantitative estimate of drug-likeness (QED) is 0.674. The zero-order chi connectivity index (χ0) is 15.8. The van der Waals surface area contributed by atoms with Crippen LogP contribution < -0.4 is 0 Å². The van der Waals surface area contributed by atoms with E-state index in [1.54, 1.807) is 0 Å². The Morgan fingerprint density at radius 2 is 2.13 bits per heavy atom. The number of carbonyl (C=O) groups is 1. The summed E-state index contributed by atoms with van der Waals surface area (Å²) in [7, 11) is 0. The molecule has 5 rings (SSSR count). The van der Waals surface area contributed by atoms with Crippen LogP contribution in [0.25, 0.3) is 0 Å². The molecule has 1 aliphatic heterocycles. The molecule has 3 saturated carbocycles. The van der Waals surface area contributed by atoms with Gasteiger partial charge in [0.2, 0.25) is 0 Å². The lowest BCUT2D eigenvalue weighted by molar-refractivity contribution is -0.117. The molecule has 0 aromatic heterocycles. The number of hydrogen-bond donors (Lipinski definition) is 0. The van der Waals surface area contributed by atoms with Gasteiger partial charge in [-0.2, -0.15) is 0 Å². The highest BCUT2D eigenvalue weighted by atomic mass is 16.5. The summed E-state index contributed by atoms with van der Waals surface area (Å²) < 4.78 is 6.25. The molecule has 5 unspecified atom stereocenters. The fraction of sp³-hybridized carbons (Fsp3) is 0.762. The van der Waals surface area contributed by atoms with E-state index in [4.69, 9.17) is 4.74 Å². The van der Waals surface area contributed by atoms with E-state index in [0.29, 0.717) is 17.1 Å². The molecule has 23 heavy (non-hydrogen) atoms. The van der Waals surface area contributed by atoms with Crippen LogP contribution in [0.5, 0.6) is 0 Å². The highest BCUT2D eigenvalue weighted by Crippen LogP contribution is 2.68. The van der Waals surface area contributed by atoms with E-state index in [0.717, 1.165) is 43.6 Å². The van der Waals surface area contributed by atoms with Gasteiger partial charge >= 0.3 is 0 Å². The van der Waals surface area contributed by atoms with Crippen molar-refractivity contribution in [1.82, 2.24) is 0 Å². The molecule has 2 nitrogen and oxygen atoms in total. The summed E-state index contributed by atoms with van der Waals surface area (Å²) in [6, 6.07) is 0. The van der Waals surface area contributed by atoms with Gasteiger partial charge in [-0.3, -0.25) is 4.79 Å². The Hall–Kier alpha value is -0.890. The Morgan fingerprint density at radius 1 is 1.26 bits per heavy atom. The van der Waals surface area contributed by atoms with Crippen LogP contribution in [0.1, 0.15) is 51.9 Å². The van der Waals surface area contributed by atoms with Gasteiger partial charge in [0.05, 0.1) is 12.7 Å². The minimum absolute atomic E-state index is 0.217. The third kappa shape index (κ3) is 1.66. The lowest BCUT2D eigenvalue weighted by Gasteiger charge is -2.56. The molecule has 1 saturated heterocycles. The van der Waals surface area contributed by atoms with Crippen LogP contribution in [0.15, 0.2) is 24.3 Å². The summed E-state index contributed by atoms with van der Waals surface area (Å²) in [5, 5.41) is 0. The van der Waals surface area contributed by atoms with Gasteiger partial charge in [0.1, 0.15) is 0 Å². The predicted molar refractivity (Wildman–Crippen MR) is 89.8 cm³/mol. The summed E-state index contributed by atoms with van der Waals surface area (Å²) in [5.74, 6) is 3.43. The number of carbonyl (C=O) groups excluding carboxylic acids is 1. The molecule has 0 aromatic rings. The maximum Gasteiger partial charge on any atom is 0.155 e. The number of hydrogen-bond acceptors (Lipinski definition) is 2. The van der Waals surface area contributed by atoms with Gasteiger partial charge in [-0.1, -0.05) is 13.0 Å². The Kier molecular flexibility index (Phi) is 2.89. The smallest absolute Gasteiger partial charge is 0.155 e. The average molecular weight is 312 g/mol. The first-order valence-corrected chi connectivity index (χ1v) is 9.57. The van der Waals surface area contributed by atoms with Crippen molar-refractivity contribution < 1.29 is 9.53 Å². The van der Waals surface area contributed by atoms with Crippen molar-refractivity contribution in [3.63, 3.8) is 0 Å². The van der Waals surface area contributed by atoms with E-state index in [-0.39, 0.29) is 11.5 Å². The maximum absolute atomic E-state index is 12.0. The van der Waals surface area contributed by atoms with Gasteiger partial charge in [-0.25, -0.2) is 0 Å². The molecule has 7 atom stereocenters. The normalized spacial score (nSPS) is 54.0. The van der Waals surface area contributed by atoms with Crippen LogP contribution in [0.2, 0.25) is 0 Å². The molecule has 0 radical (unpaired) electrons. The van der Waals surface area contributed by atoms with E-state index in [9.17, 15) is 4.79 Å². The molecule has 4 aliphatic carbocycles. The summed E-state index contributed by atoms with van der Waals surface area (Å²) in [5.41, 5.74) is 2.07. The van der Waals surface area contributed by atoms with Gasteiger partial charge in [0, 0.05) is 11.8 Å². The van der Waals surface area contributed by atoms with Crippen LogP contribution in [0.3, 0.4) is 0 Å². The predicted octanol–water partition coefficient (Wildman–Crippen LogP) is 4.31. The van der Waals surface area contributed by atoms with Gasteiger partial charge in [-0.05, 0) is 79.3 Å². The third-order valence-corrected chi connectivity index (χ3v) is 8.59. The molecule has 4 fully saturated rings. The minimum Gasteiger partial charge on any atom is -0.373 e. The van der Waals surface area contributed by atoms with Crippen LogP contribution in [-0.4, -0.2) is 18.5 Å².